The zero-order valence-electron chi connectivity index (χ0n) is 11.1. The van der Waals surface area contributed by atoms with Gasteiger partial charge >= 0.3 is 0 Å². The van der Waals surface area contributed by atoms with Crippen LogP contribution in [0.5, 0.6) is 0 Å². The maximum Gasteiger partial charge on any atom is 0.230 e. The topological polar surface area (TPSA) is 29.1 Å². The molecule has 0 fully saturated rings. The highest BCUT2D eigenvalue weighted by Crippen LogP contribution is 2.16. The van der Waals surface area contributed by atoms with E-state index in [2.05, 4.69) is 12.2 Å². The fraction of sp³-hybridized carbons (Fsp3) is 0.500. The fourth-order valence-electron chi connectivity index (χ4n) is 1.39. The molecule has 18 heavy (non-hydrogen) atoms. The number of amides is 1. The Morgan fingerprint density at radius 2 is 2.17 bits per heavy atom. The van der Waals surface area contributed by atoms with Crippen LogP contribution >= 0.6 is 23.4 Å². The first kappa shape index (κ1) is 15.4. The second kappa shape index (κ2) is 7.05. The van der Waals surface area contributed by atoms with Crippen LogP contribution in [-0.2, 0) is 10.5 Å². The maximum atomic E-state index is 11.7. The van der Waals surface area contributed by atoms with Crippen molar-refractivity contribution in [1.82, 2.24) is 5.32 Å². The van der Waals surface area contributed by atoms with Crippen molar-refractivity contribution < 1.29 is 4.79 Å². The van der Waals surface area contributed by atoms with Crippen molar-refractivity contribution in [3.05, 3.63) is 34.9 Å². The van der Waals surface area contributed by atoms with Gasteiger partial charge in [0.05, 0.1) is 5.75 Å². The Labute approximate surface area is 118 Å². The molecule has 4 heteroatoms. The minimum absolute atomic E-state index is 0.0916. The molecule has 0 spiro atoms. The molecule has 0 saturated carbocycles. The summed E-state index contributed by atoms with van der Waals surface area (Å²) in [7, 11) is 0. The normalized spacial score (nSPS) is 11.3. The first-order valence-corrected chi connectivity index (χ1v) is 7.59. The predicted molar refractivity (Wildman–Crippen MR) is 80.1 cm³/mol. The average Bonchev–Trinajstić information content (AvgIpc) is 2.28. The largest absolute Gasteiger partial charge is 0.351 e. The van der Waals surface area contributed by atoms with Gasteiger partial charge in [0, 0.05) is 16.3 Å². The second-order valence-corrected chi connectivity index (χ2v) is 6.33. The smallest absolute Gasteiger partial charge is 0.230 e. The van der Waals surface area contributed by atoms with Gasteiger partial charge < -0.3 is 5.32 Å². The summed E-state index contributed by atoms with van der Waals surface area (Å²) in [5, 5.41) is 3.76. The summed E-state index contributed by atoms with van der Waals surface area (Å²) in [6.07, 6.45) is 0.928. The zero-order valence-corrected chi connectivity index (χ0v) is 12.7. The van der Waals surface area contributed by atoms with E-state index < -0.39 is 0 Å². The predicted octanol–water partition coefficient (Wildman–Crippen LogP) is 3.88. The number of nitrogens with one attached hydrogen (secondary N) is 1. The number of carbonyl (C=O) groups is 1. The van der Waals surface area contributed by atoms with Crippen LogP contribution in [0.1, 0.15) is 32.8 Å². The highest BCUT2D eigenvalue weighted by atomic mass is 35.5. The summed E-state index contributed by atoms with van der Waals surface area (Å²) in [6.45, 7) is 6.14. The summed E-state index contributed by atoms with van der Waals surface area (Å²) in [5.74, 6) is 1.38. The Hall–Kier alpha value is -0.670. The lowest BCUT2D eigenvalue weighted by Gasteiger charge is -2.24. The number of benzene rings is 1. The Balaban J connectivity index is 2.32. The van der Waals surface area contributed by atoms with E-state index in [1.54, 1.807) is 11.8 Å². The molecule has 1 aromatic rings. The van der Waals surface area contributed by atoms with Gasteiger partial charge in [-0.05, 0) is 38.0 Å². The number of thioether (sulfide) groups is 1. The van der Waals surface area contributed by atoms with Gasteiger partial charge in [-0.1, -0.05) is 30.7 Å². The molecule has 0 aliphatic carbocycles. The molecule has 0 bridgehead atoms. The lowest BCUT2D eigenvalue weighted by atomic mass is 10.0. The van der Waals surface area contributed by atoms with E-state index in [4.69, 9.17) is 11.6 Å². The summed E-state index contributed by atoms with van der Waals surface area (Å²) >= 11 is 7.51. The van der Waals surface area contributed by atoms with Crippen LogP contribution in [0, 0.1) is 0 Å². The third-order valence-corrected chi connectivity index (χ3v) is 3.99. The molecule has 0 atom stereocenters. The van der Waals surface area contributed by atoms with Crippen molar-refractivity contribution in [1.29, 1.82) is 0 Å². The molecule has 100 valence electrons. The molecule has 0 aliphatic heterocycles. The van der Waals surface area contributed by atoms with Crippen LogP contribution in [-0.4, -0.2) is 17.2 Å². The molecule has 0 saturated heterocycles. The van der Waals surface area contributed by atoms with E-state index in [1.165, 1.54) is 0 Å². The lowest BCUT2D eigenvalue weighted by Crippen LogP contribution is -2.43. The Morgan fingerprint density at radius 1 is 1.44 bits per heavy atom. The van der Waals surface area contributed by atoms with Crippen LogP contribution in [0.25, 0.3) is 0 Å². The second-order valence-electron chi connectivity index (χ2n) is 4.91. The van der Waals surface area contributed by atoms with Gasteiger partial charge in [0.15, 0.2) is 0 Å². The van der Waals surface area contributed by atoms with Crippen LogP contribution < -0.4 is 5.32 Å². The van der Waals surface area contributed by atoms with Gasteiger partial charge in [-0.3, -0.25) is 4.79 Å². The minimum Gasteiger partial charge on any atom is -0.351 e. The number of hydrogen-bond acceptors (Lipinski definition) is 2. The van der Waals surface area contributed by atoms with Crippen LogP contribution in [0.3, 0.4) is 0 Å². The third kappa shape index (κ3) is 5.78. The van der Waals surface area contributed by atoms with Crippen molar-refractivity contribution in [2.24, 2.45) is 0 Å². The van der Waals surface area contributed by atoms with E-state index in [9.17, 15) is 4.79 Å². The standard InChI is InChI=1S/C14H20ClNOS/c1-4-14(2,3)16-13(17)10-18-9-11-6-5-7-12(15)8-11/h5-8H,4,9-10H2,1-3H3,(H,16,17). The lowest BCUT2D eigenvalue weighted by molar-refractivity contribution is -0.120. The van der Waals surface area contributed by atoms with Gasteiger partial charge in [-0.25, -0.2) is 0 Å². The summed E-state index contributed by atoms with van der Waals surface area (Å²) < 4.78 is 0. The Morgan fingerprint density at radius 3 is 2.78 bits per heavy atom. The van der Waals surface area contributed by atoms with Crippen molar-refractivity contribution >= 4 is 29.3 Å². The van der Waals surface area contributed by atoms with Crippen LogP contribution in [0.15, 0.2) is 24.3 Å². The molecule has 0 radical (unpaired) electrons. The van der Waals surface area contributed by atoms with E-state index in [-0.39, 0.29) is 11.4 Å². The molecule has 1 aromatic carbocycles. The molecule has 1 rings (SSSR count). The number of rotatable bonds is 6. The molecular weight excluding hydrogens is 266 g/mol. The monoisotopic (exact) mass is 285 g/mol. The van der Waals surface area contributed by atoms with Crippen molar-refractivity contribution in [2.45, 2.75) is 38.5 Å². The number of halogens is 1. The van der Waals surface area contributed by atoms with Gasteiger partial charge in [0.1, 0.15) is 0 Å². The number of carbonyl (C=O) groups excluding carboxylic acids is 1. The zero-order chi connectivity index (χ0) is 13.6. The van der Waals surface area contributed by atoms with Gasteiger partial charge in [-0.15, -0.1) is 11.8 Å². The molecule has 1 N–H and O–H groups in total. The highest BCUT2D eigenvalue weighted by Gasteiger charge is 2.17. The summed E-state index contributed by atoms with van der Waals surface area (Å²) in [5.41, 5.74) is 1.03. The van der Waals surface area contributed by atoms with E-state index in [0.29, 0.717) is 5.75 Å². The van der Waals surface area contributed by atoms with E-state index in [0.717, 1.165) is 22.8 Å². The van der Waals surface area contributed by atoms with Crippen LogP contribution in [0.2, 0.25) is 5.02 Å². The van der Waals surface area contributed by atoms with Crippen LogP contribution in [0.4, 0.5) is 0 Å². The quantitative estimate of drug-likeness (QED) is 0.859. The Kier molecular flexibility index (Phi) is 6.03. The fourth-order valence-corrected chi connectivity index (χ4v) is 2.38. The minimum atomic E-state index is -0.117. The third-order valence-electron chi connectivity index (χ3n) is 2.75. The molecule has 0 aliphatic rings. The molecule has 0 heterocycles. The first-order valence-electron chi connectivity index (χ1n) is 6.06. The van der Waals surface area contributed by atoms with Gasteiger partial charge in [0.25, 0.3) is 0 Å². The van der Waals surface area contributed by atoms with E-state index in [1.807, 2.05) is 38.1 Å². The summed E-state index contributed by atoms with van der Waals surface area (Å²) in [6, 6.07) is 7.74. The molecule has 0 aromatic heterocycles. The Bertz CT molecular complexity index is 407. The number of hydrogen-bond donors (Lipinski definition) is 1. The van der Waals surface area contributed by atoms with Gasteiger partial charge in [-0.2, -0.15) is 0 Å². The van der Waals surface area contributed by atoms with Crippen molar-refractivity contribution in [3.8, 4) is 0 Å². The van der Waals surface area contributed by atoms with Crippen molar-refractivity contribution in [3.63, 3.8) is 0 Å². The van der Waals surface area contributed by atoms with Gasteiger partial charge in [0.2, 0.25) is 5.91 Å². The van der Waals surface area contributed by atoms with E-state index >= 15 is 0 Å². The highest BCUT2D eigenvalue weighted by molar-refractivity contribution is 7.99. The molecule has 0 unspecified atom stereocenters. The van der Waals surface area contributed by atoms with Crippen molar-refractivity contribution in [2.75, 3.05) is 5.75 Å². The molecule has 2 nitrogen and oxygen atoms in total. The average molecular weight is 286 g/mol. The molecule has 1 amide bonds. The first-order chi connectivity index (χ1) is 8.43. The summed E-state index contributed by atoms with van der Waals surface area (Å²) in [4.78, 5) is 11.7. The molecular formula is C14H20ClNOS. The maximum absolute atomic E-state index is 11.7. The SMILES string of the molecule is CCC(C)(C)NC(=O)CSCc1cccc(Cl)c1.